The summed E-state index contributed by atoms with van der Waals surface area (Å²) < 4.78 is 0. The van der Waals surface area contributed by atoms with Gasteiger partial charge in [-0.15, -0.1) is 0 Å². The molecule has 0 unspecified atom stereocenters. The third-order valence-corrected chi connectivity index (χ3v) is 5.28. The van der Waals surface area contributed by atoms with Gasteiger partial charge in [-0.1, -0.05) is 75.4 Å². The lowest BCUT2D eigenvalue weighted by Crippen LogP contribution is -2.44. The van der Waals surface area contributed by atoms with Gasteiger partial charge in [-0.25, -0.2) is 9.78 Å². The van der Waals surface area contributed by atoms with Gasteiger partial charge >= 0.3 is 5.97 Å². The topological polar surface area (TPSA) is 55.8 Å². The second-order valence-corrected chi connectivity index (χ2v) is 8.54. The fourth-order valence-corrected chi connectivity index (χ4v) is 3.84. The lowest BCUT2D eigenvalue weighted by molar-refractivity contribution is -0.417. The monoisotopic (exact) mass is 386 g/mol. The van der Waals surface area contributed by atoms with Crippen molar-refractivity contribution < 1.29 is 19.7 Å². The Kier molecular flexibility index (Phi) is 8.46. The molecule has 0 amide bonds. The number of carbonyl (C=O) groups is 1. The van der Waals surface area contributed by atoms with Crippen LogP contribution in [0.25, 0.3) is 6.08 Å². The quantitative estimate of drug-likeness (QED) is 0.424. The molecule has 1 aliphatic rings. The maximum atomic E-state index is 10.9. The van der Waals surface area contributed by atoms with Crippen LogP contribution in [0.3, 0.4) is 0 Å². The first-order valence-electron chi connectivity index (χ1n) is 10.2. The van der Waals surface area contributed by atoms with Gasteiger partial charge in [-0.2, -0.15) is 0 Å². The minimum Gasteiger partial charge on any atom is -0.481 e. The number of aliphatic carboxylic acids is 1. The largest absolute Gasteiger partial charge is 0.481 e. The summed E-state index contributed by atoms with van der Waals surface area (Å²) in [5, 5.41) is 8.95. The Balaban J connectivity index is 1.77. The molecule has 0 saturated carbocycles. The van der Waals surface area contributed by atoms with Gasteiger partial charge in [0, 0.05) is 0 Å². The number of benzene rings is 1. The number of hydrogen-bond acceptors (Lipinski definition) is 3. The molecule has 1 aromatic carbocycles. The first kappa shape index (κ1) is 22.4. The second kappa shape index (κ2) is 10.6. The molecule has 4 heteroatoms. The van der Waals surface area contributed by atoms with Crippen LogP contribution in [0.2, 0.25) is 0 Å². The molecule has 0 radical (unpaired) electrons. The van der Waals surface area contributed by atoms with Crippen LogP contribution in [-0.4, -0.2) is 22.8 Å². The average Bonchev–Trinajstić information content (AvgIpc) is 2.63. The van der Waals surface area contributed by atoms with Gasteiger partial charge in [0.2, 0.25) is 0 Å². The first-order chi connectivity index (χ1) is 13.3. The van der Waals surface area contributed by atoms with Crippen molar-refractivity contribution in [2.24, 2.45) is 17.8 Å². The van der Waals surface area contributed by atoms with Crippen LogP contribution in [0.15, 0.2) is 48.6 Å². The molecule has 1 aromatic rings. The van der Waals surface area contributed by atoms with Crippen molar-refractivity contribution in [2.75, 3.05) is 0 Å². The highest BCUT2D eigenvalue weighted by molar-refractivity contribution is 5.67. The summed E-state index contributed by atoms with van der Waals surface area (Å²) in [5.74, 6) is 0.150. The lowest BCUT2D eigenvalue weighted by atomic mass is 9.82. The van der Waals surface area contributed by atoms with E-state index in [9.17, 15) is 4.79 Å². The van der Waals surface area contributed by atoms with E-state index in [1.54, 1.807) is 0 Å². The smallest absolute Gasteiger partial charge is 0.306 e. The Morgan fingerprint density at radius 3 is 2.61 bits per heavy atom. The van der Waals surface area contributed by atoms with E-state index in [4.69, 9.17) is 14.9 Å². The molecule has 1 aliphatic heterocycles. The van der Waals surface area contributed by atoms with Crippen LogP contribution >= 0.6 is 0 Å². The van der Waals surface area contributed by atoms with Gasteiger partial charge in [-0.3, -0.25) is 4.79 Å². The van der Waals surface area contributed by atoms with E-state index in [0.29, 0.717) is 11.8 Å². The summed E-state index contributed by atoms with van der Waals surface area (Å²) in [6.07, 6.45) is 11.2. The number of carboxylic acids is 1. The summed E-state index contributed by atoms with van der Waals surface area (Å²) in [6.45, 7) is 8.49. The van der Waals surface area contributed by atoms with E-state index in [1.165, 1.54) is 5.56 Å². The highest BCUT2D eigenvalue weighted by atomic mass is 17.2. The molecule has 2 rings (SSSR count). The first-order valence-corrected chi connectivity index (χ1v) is 10.2. The van der Waals surface area contributed by atoms with Crippen LogP contribution in [0, 0.1) is 17.8 Å². The predicted molar refractivity (Wildman–Crippen MR) is 113 cm³/mol. The van der Waals surface area contributed by atoms with Crippen LogP contribution < -0.4 is 0 Å². The zero-order valence-corrected chi connectivity index (χ0v) is 17.5. The van der Waals surface area contributed by atoms with Crippen molar-refractivity contribution in [2.45, 2.75) is 65.1 Å². The van der Waals surface area contributed by atoms with Gasteiger partial charge in [0.05, 0.1) is 6.42 Å². The molecule has 1 N–H and O–H groups in total. The molecule has 1 fully saturated rings. The normalized spacial score (nSPS) is 27.9. The van der Waals surface area contributed by atoms with Crippen LogP contribution in [-0.2, 0) is 14.6 Å². The number of hydrogen-bond donors (Lipinski definition) is 1. The fraction of sp³-hybridized carbons (Fsp3) is 0.542. The van der Waals surface area contributed by atoms with E-state index in [-0.39, 0.29) is 24.0 Å². The van der Waals surface area contributed by atoms with E-state index in [1.807, 2.05) is 25.1 Å². The van der Waals surface area contributed by atoms with Gasteiger partial charge in [0.25, 0.3) is 0 Å². The molecule has 0 bridgehead atoms. The number of rotatable bonds is 9. The standard InChI is InChI=1S/C24H34O4/c1-18(13-14-21-11-6-5-7-12-21)9-8-10-19(2)16-24(4)17-20(3)22(27-28-24)15-23(25)26/h5-8,10-14,18-20,22H,9,15-17H2,1-4H3,(H,25,26)/t18-,19-,20-,22-,24-/m0/s1. The predicted octanol–water partition coefficient (Wildman–Crippen LogP) is 5.90. The molecule has 28 heavy (non-hydrogen) atoms. The molecule has 0 spiro atoms. The molecule has 4 nitrogen and oxygen atoms in total. The van der Waals surface area contributed by atoms with Crippen molar-refractivity contribution >= 4 is 12.0 Å². The zero-order chi connectivity index (χ0) is 20.6. The van der Waals surface area contributed by atoms with Crippen molar-refractivity contribution in [3.63, 3.8) is 0 Å². The molecular formula is C24H34O4. The summed E-state index contributed by atoms with van der Waals surface area (Å²) in [7, 11) is 0. The molecule has 5 atom stereocenters. The maximum absolute atomic E-state index is 10.9. The molecular weight excluding hydrogens is 352 g/mol. The third kappa shape index (κ3) is 7.61. The average molecular weight is 387 g/mol. The minimum absolute atomic E-state index is 0.0128. The Labute approximate surface area is 169 Å². The minimum atomic E-state index is -0.851. The van der Waals surface area contributed by atoms with E-state index < -0.39 is 5.97 Å². The Hall–Kier alpha value is -1.91. The van der Waals surface area contributed by atoms with Crippen LogP contribution in [0.5, 0.6) is 0 Å². The second-order valence-electron chi connectivity index (χ2n) is 8.54. The van der Waals surface area contributed by atoms with Gasteiger partial charge in [-0.05, 0) is 49.5 Å². The van der Waals surface area contributed by atoms with Gasteiger partial charge < -0.3 is 5.11 Å². The van der Waals surface area contributed by atoms with Gasteiger partial charge in [0.1, 0.15) is 11.7 Å². The summed E-state index contributed by atoms with van der Waals surface area (Å²) in [5.41, 5.74) is 0.848. The Morgan fingerprint density at radius 2 is 1.96 bits per heavy atom. The zero-order valence-electron chi connectivity index (χ0n) is 17.5. The van der Waals surface area contributed by atoms with Crippen molar-refractivity contribution in [3.05, 3.63) is 54.1 Å². The van der Waals surface area contributed by atoms with E-state index in [2.05, 4.69) is 57.2 Å². The Bertz CT molecular complexity index is 666. The SMILES string of the molecule is C[C@H](C=Cc1ccccc1)CC=C[C@H](C)C[C@@]1(C)C[C@H](C)[C@H](CC(=O)O)OO1. The summed E-state index contributed by atoms with van der Waals surface area (Å²) in [6, 6.07) is 10.3. The van der Waals surface area contributed by atoms with E-state index in [0.717, 1.165) is 19.3 Å². The fourth-order valence-electron chi connectivity index (χ4n) is 3.84. The van der Waals surface area contributed by atoms with Crippen LogP contribution in [0.1, 0.15) is 58.9 Å². The van der Waals surface area contributed by atoms with Crippen LogP contribution in [0.4, 0.5) is 0 Å². The van der Waals surface area contributed by atoms with Gasteiger partial charge in [0.15, 0.2) is 0 Å². The van der Waals surface area contributed by atoms with Crippen molar-refractivity contribution in [1.29, 1.82) is 0 Å². The molecule has 1 heterocycles. The highest BCUT2D eigenvalue weighted by Gasteiger charge is 2.39. The molecule has 0 aromatic heterocycles. The van der Waals surface area contributed by atoms with Crippen molar-refractivity contribution in [1.82, 2.24) is 0 Å². The molecule has 154 valence electrons. The lowest BCUT2D eigenvalue weighted by Gasteiger charge is -2.40. The molecule has 1 saturated heterocycles. The molecule has 0 aliphatic carbocycles. The highest BCUT2D eigenvalue weighted by Crippen LogP contribution is 2.36. The van der Waals surface area contributed by atoms with Crippen molar-refractivity contribution in [3.8, 4) is 0 Å². The van der Waals surface area contributed by atoms with E-state index >= 15 is 0 Å². The number of carboxylic acid groups (broad SMARTS) is 1. The number of allylic oxidation sites excluding steroid dienone is 3. The third-order valence-electron chi connectivity index (χ3n) is 5.28. The Morgan fingerprint density at radius 1 is 1.25 bits per heavy atom. The summed E-state index contributed by atoms with van der Waals surface area (Å²) in [4.78, 5) is 21.9. The summed E-state index contributed by atoms with van der Waals surface area (Å²) >= 11 is 0. The maximum Gasteiger partial charge on any atom is 0.306 e.